The molecule has 2 aromatic rings. The minimum Gasteiger partial charge on any atom is -0.375 e. The summed E-state index contributed by atoms with van der Waals surface area (Å²) in [5, 5.41) is 8.00. The van der Waals surface area contributed by atoms with E-state index in [1.54, 1.807) is 6.20 Å². The van der Waals surface area contributed by atoms with Crippen LogP contribution in [0.15, 0.2) is 6.20 Å². The Balaban J connectivity index is 2.08. The van der Waals surface area contributed by atoms with Crippen molar-refractivity contribution in [3.8, 4) is 0 Å². The monoisotopic (exact) mass is 281 g/mol. The minimum absolute atomic E-state index is 0.179. The minimum atomic E-state index is 0.179. The van der Waals surface area contributed by atoms with Gasteiger partial charge in [0.25, 0.3) is 0 Å². The van der Waals surface area contributed by atoms with Crippen molar-refractivity contribution in [2.24, 2.45) is 0 Å². The number of ether oxygens (including phenoxy) is 1. The van der Waals surface area contributed by atoms with Crippen molar-refractivity contribution in [2.75, 3.05) is 18.1 Å². The van der Waals surface area contributed by atoms with Crippen LogP contribution >= 0.6 is 11.6 Å². The molecule has 3 rings (SSSR count). The van der Waals surface area contributed by atoms with Crippen molar-refractivity contribution in [3.05, 3.63) is 11.5 Å². The number of nitrogens with one attached hydrogen (secondary N) is 1. The molecule has 1 saturated heterocycles. The van der Waals surface area contributed by atoms with Gasteiger partial charge in [0.1, 0.15) is 5.82 Å². The van der Waals surface area contributed by atoms with E-state index in [-0.39, 0.29) is 11.4 Å². The lowest BCUT2D eigenvalue weighted by Gasteiger charge is -2.39. The molecule has 0 amide bonds. The van der Waals surface area contributed by atoms with Crippen molar-refractivity contribution >= 4 is 28.5 Å². The zero-order valence-electron chi connectivity index (χ0n) is 10.9. The lowest BCUT2D eigenvalue weighted by Crippen LogP contribution is -2.49. The molecule has 0 aromatic carbocycles. The molecule has 1 N–H and O–H groups in total. The van der Waals surface area contributed by atoms with Gasteiger partial charge in [-0.1, -0.05) is 6.92 Å². The molecular weight excluding hydrogens is 266 g/mol. The third-order valence-electron chi connectivity index (χ3n) is 3.47. The van der Waals surface area contributed by atoms with Crippen LogP contribution in [-0.2, 0) is 4.74 Å². The summed E-state index contributed by atoms with van der Waals surface area (Å²) in [5.41, 5.74) is 0.670. The second-order valence-corrected chi connectivity index (χ2v) is 5.14. The summed E-state index contributed by atoms with van der Waals surface area (Å²) in [7, 11) is 0. The zero-order chi connectivity index (χ0) is 13.4. The number of aromatic amines is 1. The first-order valence-corrected chi connectivity index (χ1v) is 6.81. The Morgan fingerprint density at radius 3 is 3.16 bits per heavy atom. The molecule has 0 saturated carbocycles. The fourth-order valence-corrected chi connectivity index (χ4v) is 2.62. The molecule has 19 heavy (non-hydrogen) atoms. The standard InChI is InChI=1S/C12H16ClN5O/c1-3-8-6-19-7(2)5-18(8)11-9-4-14-17-10(9)15-12(13)16-11/h4,7-8H,3,5-6H2,1-2H3,(H,14,15,16,17). The van der Waals surface area contributed by atoms with E-state index in [2.05, 4.69) is 38.9 Å². The quantitative estimate of drug-likeness (QED) is 0.853. The molecule has 1 fully saturated rings. The van der Waals surface area contributed by atoms with Gasteiger partial charge < -0.3 is 9.64 Å². The Morgan fingerprint density at radius 2 is 2.37 bits per heavy atom. The van der Waals surface area contributed by atoms with Crippen LogP contribution < -0.4 is 4.90 Å². The SMILES string of the molecule is CCC1COC(C)CN1c1nc(Cl)nc2[nH]ncc12. The van der Waals surface area contributed by atoms with Crippen LogP contribution in [0.5, 0.6) is 0 Å². The topological polar surface area (TPSA) is 66.9 Å². The maximum absolute atomic E-state index is 6.00. The number of H-pyrrole nitrogens is 1. The highest BCUT2D eigenvalue weighted by Gasteiger charge is 2.28. The number of fused-ring (bicyclic) bond motifs is 1. The molecule has 0 spiro atoms. The predicted molar refractivity (Wildman–Crippen MR) is 73.5 cm³/mol. The smallest absolute Gasteiger partial charge is 0.226 e. The van der Waals surface area contributed by atoms with E-state index >= 15 is 0 Å². The van der Waals surface area contributed by atoms with Crippen molar-refractivity contribution < 1.29 is 4.74 Å². The highest BCUT2D eigenvalue weighted by atomic mass is 35.5. The van der Waals surface area contributed by atoms with E-state index in [1.807, 2.05) is 0 Å². The summed E-state index contributed by atoms with van der Waals surface area (Å²) in [6, 6.07) is 0.306. The van der Waals surface area contributed by atoms with Crippen molar-refractivity contribution in [1.82, 2.24) is 20.2 Å². The maximum Gasteiger partial charge on any atom is 0.226 e. The summed E-state index contributed by atoms with van der Waals surface area (Å²) in [6.07, 6.45) is 2.92. The Morgan fingerprint density at radius 1 is 1.53 bits per heavy atom. The number of hydrogen-bond acceptors (Lipinski definition) is 5. The number of aromatic nitrogens is 4. The van der Waals surface area contributed by atoms with Crippen LogP contribution in [0.25, 0.3) is 11.0 Å². The fraction of sp³-hybridized carbons (Fsp3) is 0.583. The van der Waals surface area contributed by atoms with Crippen molar-refractivity contribution in [3.63, 3.8) is 0 Å². The molecule has 1 aliphatic heterocycles. The van der Waals surface area contributed by atoms with Gasteiger partial charge in [0.15, 0.2) is 5.65 Å². The third kappa shape index (κ3) is 2.26. The van der Waals surface area contributed by atoms with E-state index in [9.17, 15) is 0 Å². The highest BCUT2D eigenvalue weighted by Crippen LogP contribution is 2.28. The number of rotatable bonds is 2. The van der Waals surface area contributed by atoms with Gasteiger partial charge in [-0.3, -0.25) is 5.10 Å². The molecule has 2 atom stereocenters. The van der Waals surface area contributed by atoms with Gasteiger partial charge in [-0.15, -0.1) is 0 Å². The molecule has 0 bridgehead atoms. The molecule has 0 radical (unpaired) electrons. The predicted octanol–water partition coefficient (Wildman–Crippen LogP) is 2.01. The van der Waals surface area contributed by atoms with E-state index < -0.39 is 0 Å². The Kier molecular flexibility index (Phi) is 3.28. The molecule has 2 aromatic heterocycles. The summed E-state index contributed by atoms with van der Waals surface area (Å²) < 4.78 is 5.72. The largest absolute Gasteiger partial charge is 0.375 e. The fourth-order valence-electron chi connectivity index (χ4n) is 2.45. The number of morpholine rings is 1. The normalized spacial score (nSPS) is 24.1. The summed E-state index contributed by atoms with van der Waals surface area (Å²) in [4.78, 5) is 10.8. The number of halogens is 1. The molecule has 3 heterocycles. The summed E-state index contributed by atoms with van der Waals surface area (Å²) in [6.45, 7) is 5.71. The van der Waals surface area contributed by atoms with E-state index in [1.165, 1.54) is 0 Å². The number of nitrogens with zero attached hydrogens (tertiary/aromatic N) is 4. The second-order valence-electron chi connectivity index (χ2n) is 4.81. The van der Waals surface area contributed by atoms with Gasteiger partial charge >= 0.3 is 0 Å². The molecule has 6 nitrogen and oxygen atoms in total. The van der Waals surface area contributed by atoms with Crippen LogP contribution in [0, 0.1) is 0 Å². The summed E-state index contributed by atoms with van der Waals surface area (Å²) in [5.74, 6) is 0.839. The molecule has 102 valence electrons. The molecule has 2 unspecified atom stereocenters. The van der Waals surface area contributed by atoms with Gasteiger partial charge in [-0.25, -0.2) is 0 Å². The van der Waals surface area contributed by atoms with Crippen LogP contribution in [-0.4, -0.2) is 45.5 Å². The van der Waals surface area contributed by atoms with Crippen molar-refractivity contribution in [2.45, 2.75) is 32.4 Å². The lowest BCUT2D eigenvalue weighted by molar-refractivity contribution is 0.0297. The van der Waals surface area contributed by atoms with Gasteiger partial charge in [-0.05, 0) is 24.9 Å². The van der Waals surface area contributed by atoms with Crippen LogP contribution in [0.1, 0.15) is 20.3 Å². The first kappa shape index (κ1) is 12.6. The van der Waals surface area contributed by atoms with Crippen molar-refractivity contribution in [1.29, 1.82) is 0 Å². The molecule has 0 aliphatic carbocycles. The lowest BCUT2D eigenvalue weighted by atomic mass is 10.1. The van der Waals surface area contributed by atoms with Gasteiger partial charge in [0.05, 0.1) is 30.3 Å². The summed E-state index contributed by atoms with van der Waals surface area (Å²) >= 11 is 6.00. The van der Waals surface area contributed by atoms with E-state index in [0.29, 0.717) is 18.3 Å². The number of anilines is 1. The Hall–Kier alpha value is -1.40. The Labute approximate surface area is 116 Å². The molecular formula is C12H16ClN5O. The second kappa shape index (κ2) is 4.94. The highest BCUT2D eigenvalue weighted by molar-refractivity contribution is 6.28. The molecule has 7 heteroatoms. The van der Waals surface area contributed by atoms with Crippen LogP contribution in [0.3, 0.4) is 0 Å². The Bertz CT molecular complexity index is 587. The number of hydrogen-bond donors (Lipinski definition) is 1. The average molecular weight is 282 g/mol. The van der Waals surface area contributed by atoms with Crippen LogP contribution in [0.4, 0.5) is 5.82 Å². The van der Waals surface area contributed by atoms with Gasteiger partial charge in [0.2, 0.25) is 5.28 Å². The maximum atomic E-state index is 6.00. The zero-order valence-corrected chi connectivity index (χ0v) is 11.7. The van der Waals surface area contributed by atoms with Gasteiger partial charge in [-0.2, -0.15) is 15.1 Å². The third-order valence-corrected chi connectivity index (χ3v) is 3.64. The van der Waals surface area contributed by atoms with Crippen LogP contribution in [0.2, 0.25) is 5.28 Å². The van der Waals surface area contributed by atoms with Gasteiger partial charge in [0, 0.05) is 6.54 Å². The molecule has 1 aliphatic rings. The first-order valence-electron chi connectivity index (χ1n) is 6.44. The first-order chi connectivity index (χ1) is 9.19. The van der Waals surface area contributed by atoms with E-state index in [0.717, 1.165) is 24.2 Å². The average Bonchev–Trinajstić information content (AvgIpc) is 2.85. The van der Waals surface area contributed by atoms with E-state index in [4.69, 9.17) is 16.3 Å².